The zero-order valence-corrected chi connectivity index (χ0v) is 29.2. The summed E-state index contributed by atoms with van der Waals surface area (Å²) in [4.78, 5) is 65.7. The fraction of sp³-hybridized carbons (Fsp3) is 0.474. The maximum atomic E-state index is 15.0. The zero-order chi connectivity index (χ0) is 37.2. The summed E-state index contributed by atoms with van der Waals surface area (Å²) in [7, 11) is 0. The lowest BCUT2D eigenvalue weighted by atomic mass is 10.0. The van der Waals surface area contributed by atoms with Crippen LogP contribution in [0.15, 0.2) is 60.7 Å². The maximum Gasteiger partial charge on any atom is 0.408 e. The second-order valence-corrected chi connectivity index (χ2v) is 13.9. The highest BCUT2D eigenvalue weighted by Gasteiger charge is 2.62. The molecule has 0 unspecified atom stereocenters. The Morgan fingerprint density at radius 3 is 2.62 bits per heavy atom. The molecule has 5 atom stereocenters. The number of benzene rings is 2. The maximum absolute atomic E-state index is 15.0. The van der Waals surface area contributed by atoms with Crippen molar-refractivity contribution in [3.8, 4) is 22.9 Å². The summed E-state index contributed by atoms with van der Waals surface area (Å²) in [5, 5.41) is 5.39. The van der Waals surface area contributed by atoms with Gasteiger partial charge in [-0.05, 0) is 56.9 Å². The predicted molar refractivity (Wildman–Crippen MR) is 186 cm³/mol. The van der Waals surface area contributed by atoms with Gasteiger partial charge in [0.1, 0.15) is 35.2 Å². The van der Waals surface area contributed by atoms with Crippen LogP contribution in [-0.4, -0.2) is 94.8 Å². The largest absolute Gasteiger partial charge is 0.487 e. The van der Waals surface area contributed by atoms with Crippen molar-refractivity contribution in [1.29, 1.82) is 0 Å². The van der Waals surface area contributed by atoms with E-state index in [9.17, 15) is 28.0 Å². The number of para-hydroxylation sites is 2. The van der Waals surface area contributed by atoms with Gasteiger partial charge in [-0.3, -0.25) is 9.59 Å². The van der Waals surface area contributed by atoms with Gasteiger partial charge in [-0.1, -0.05) is 49.3 Å². The van der Waals surface area contributed by atoms with Crippen LogP contribution in [0.3, 0.4) is 0 Å². The number of carbonyl (C=O) groups is 4. The number of esters is 1. The van der Waals surface area contributed by atoms with Gasteiger partial charge in [0.2, 0.25) is 17.7 Å². The Labute approximate surface area is 304 Å². The van der Waals surface area contributed by atoms with Crippen LogP contribution in [0.2, 0.25) is 0 Å². The first-order valence-electron chi connectivity index (χ1n) is 18.0. The molecule has 13 nitrogen and oxygen atoms in total. The number of fused-ring (bicyclic) bond motifs is 8. The molecule has 4 heterocycles. The van der Waals surface area contributed by atoms with Crippen LogP contribution in [0.25, 0.3) is 22.3 Å². The minimum Gasteiger partial charge on any atom is -0.487 e. The number of aromatic nitrogens is 2. The summed E-state index contributed by atoms with van der Waals surface area (Å²) in [6.45, 7) is -0.667. The molecule has 2 fully saturated rings. The van der Waals surface area contributed by atoms with Crippen LogP contribution in [0, 0.1) is 5.92 Å². The fourth-order valence-corrected chi connectivity index (χ4v) is 7.12. The van der Waals surface area contributed by atoms with E-state index >= 15 is 0 Å². The first-order chi connectivity index (χ1) is 25.5. The first-order valence-corrected chi connectivity index (χ1v) is 18.0. The Morgan fingerprint density at radius 1 is 1.02 bits per heavy atom. The topological polar surface area (TPSA) is 158 Å². The molecule has 280 valence electrons. The molecule has 15 heteroatoms. The van der Waals surface area contributed by atoms with E-state index in [1.165, 1.54) is 17.0 Å². The van der Waals surface area contributed by atoms with E-state index in [-0.39, 0.29) is 43.5 Å². The molecule has 1 aliphatic carbocycles. The lowest BCUT2D eigenvalue weighted by Crippen LogP contribution is -2.56. The number of carbonyl (C=O) groups excluding carboxylic acids is 4. The average molecular weight is 734 g/mol. The molecule has 0 spiro atoms. The minimum atomic E-state index is -3.57. The molecule has 4 aliphatic rings. The zero-order valence-electron chi connectivity index (χ0n) is 29.2. The summed E-state index contributed by atoms with van der Waals surface area (Å²) >= 11 is 0. The molecule has 0 radical (unpaired) electrons. The molecule has 53 heavy (non-hydrogen) atoms. The number of nitrogens with zero attached hydrogens (tertiary/aromatic N) is 3. The second-order valence-electron chi connectivity index (χ2n) is 13.9. The van der Waals surface area contributed by atoms with Gasteiger partial charge in [0.25, 0.3) is 0 Å². The number of cyclic esters (lactones) is 1. The fourth-order valence-electron chi connectivity index (χ4n) is 7.12. The van der Waals surface area contributed by atoms with E-state index in [0.717, 1.165) is 6.42 Å². The van der Waals surface area contributed by atoms with E-state index < -0.39 is 66.7 Å². The van der Waals surface area contributed by atoms with Gasteiger partial charge < -0.3 is 34.5 Å². The smallest absolute Gasteiger partial charge is 0.408 e. The van der Waals surface area contributed by atoms with Crippen molar-refractivity contribution >= 4 is 34.9 Å². The van der Waals surface area contributed by atoms with Crippen molar-refractivity contribution in [2.45, 2.75) is 81.5 Å². The van der Waals surface area contributed by atoms with Gasteiger partial charge in [-0.25, -0.2) is 19.6 Å². The highest BCUT2D eigenvalue weighted by atomic mass is 19.3. The Balaban J connectivity index is 1.29. The van der Waals surface area contributed by atoms with Crippen molar-refractivity contribution in [1.82, 2.24) is 25.5 Å². The average Bonchev–Trinajstić information content (AvgIpc) is 3.68. The van der Waals surface area contributed by atoms with Crippen LogP contribution in [0.1, 0.15) is 51.9 Å². The van der Waals surface area contributed by atoms with Crippen LogP contribution >= 0.6 is 0 Å². The molecular formula is C38H41F2N5O8. The summed E-state index contributed by atoms with van der Waals surface area (Å²) in [6.07, 6.45) is 5.10. The van der Waals surface area contributed by atoms with E-state index in [2.05, 4.69) is 10.6 Å². The molecule has 1 aromatic heterocycles. The van der Waals surface area contributed by atoms with Crippen molar-refractivity contribution in [3.05, 3.63) is 60.7 Å². The third-order valence-electron chi connectivity index (χ3n) is 9.96. The second kappa shape index (κ2) is 15.0. The molecular weight excluding hydrogens is 692 g/mol. The predicted octanol–water partition coefficient (Wildman–Crippen LogP) is 4.73. The molecule has 1 saturated heterocycles. The normalized spacial score (nSPS) is 27.5. The molecule has 5 bridgehead atoms. The number of alkyl carbamates (subject to hydrolysis) is 1. The third kappa shape index (κ3) is 7.88. The van der Waals surface area contributed by atoms with Gasteiger partial charge >= 0.3 is 18.0 Å². The van der Waals surface area contributed by atoms with E-state index in [0.29, 0.717) is 48.0 Å². The Bertz CT molecular complexity index is 1930. The number of ether oxygens (including phenoxy) is 4. The lowest BCUT2D eigenvalue weighted by molar-refractivity contribution is -0.150. The van der Waals surface area contributed by atoms with E-state index in [1.54, 1.807) is 43.3 Å². The van der Waals surface area contributed by atoms with Gasteiger partial charge in [0, 0.05) is 17.9 Å². The number of hydrogen-bond acceptors (Lipinski definition) is 10. The Hall–Kier alpha value is -5.34. The van der Waals surface area contributed by atoms with Crippen molar-refractivity contribution < 1.29 is 46.9 Å². The van der Waals surface area contributed by atoms with E-state index in [1.807, 2.05) is 12.2 Å². The Kier molecular flexibility index (Phi) is 10.2. The molecule has 1 saturated carbocycles. The molecule has 3 aliphatic heterocycles. The number of allylic oxidation sites excluding steroid dienone is 1. The summed E-state index contributed by atoms with van der Waals surface area (Å²) in [6, 6.07) is 11.2. The summed E-state index contributed by atoms with van der Waals surface area (Å²) < 4.78 is 52.2. The number of alkyl halides is 2. The monoisotopic (exact) mass is 733 g/mol. The standard InChI is InChI=1S/C38H41F2N5O8/c1-2-50-35(48)38-19-24(38)12-6-4-3-5-7-16-29-34(47)45-20-26(18-30(45)32(46)44-38)53-33-31(41-27-14-8-9-15-28(27)42-33)23-11-10-13-25(17-23)51-21-37(39,40)22-52-36(49)43-29/h6,8-15,17,24,26,29-30H,2-5,7,16,18-22H2,1H3,(H,43,49)(H,44,46)/t24-,26-,29+,30+,38-/m1/s1. The number of nitrogens with one attached hydrogen (secondary N) is 2. The van der Waals surface area contributed by atoms with Crippen LogP contribution < -0.4 is 20.1 Å². The molecule has 2 aromatic carbocycles. The van der Waals surface area contributed by atoms with Crippen LogP contribution in [0.5, 0.6) is 11.6 Å². The van der Waals surface area contributed by atoms with Crippen molar-refractivity contribution in [3.63, 3.8) is 0 Å². The van der Waals surface area contributed by atoms with Gasteiger partial charge in [0.05, 0.1) is 24.2 Å². The van der Waals surface area contributed by atoms with Gasteiger partial charge in [0.15, 0.2) is 13.2 Å². The van der Waals surface area contributed by atoms with Crippen LogP contribution in [-0.2, 0) is 23.9 Å². The SMILES string of the molecule is CCOC(=O)[C@@]12C[C@H]1C=CCCCCC[C@@H]1NC(=O)OCC(F)(F)COc3cccc(c3)-c3nc4ccccc4nc3O[C@@H]3C[C@@H](C(=O)N2)N(C3)C1=O. The van der Waals surface area contributed by atoms with E-state index in [4.69, 9.17) is 28.9 Å². The number of halogens is 2. The number of rotatable bonds is 2. The van der Waals surface area contributed by atoms with Gasteiger partial charge in [-0.2, -0.15) is 8.78 Å². The van der Waals surface area contributed by atoms with Crippen LogP contribution in [0.4, 0.5) is 13.6 Å². The quantitative estimate of drug-likeness (QED) is 0.279. The minimum absolute atomic E-state index is 0.0114. The number of amides is 3. The van der Waals surface area contributed by atoms with Crippen molar-refractivity contribution in [2.75, 3.05) is 26.4 Å². The molecule has 2 N–H and O–H groups in total. The summed E-state index contributed by atoms with van der Waals surface area (Å²) in [5.74, 6) is -5.42. The highest BCUT2D eigenvalue weighted by molar-refractivity contribution is 5.96. The molecule has 3 aromatic rings. The van der Waals surface area contributed by atoms with Gasteiger partial charge in [-0.15, -0.1) is 0 Å². The third-order valence-corrected chi connectivity index (χ3v) is 9.96. The van der Waals surface area contributed by atoms with Crippen molar-refractivity contribution in [2.24, 2.45) is 5.92 Å². The molecule has 3 amide bonds. The first kappa shape index (κ1) is 36.0. The highest BCUT2D eigenvalue weighted by Crippen LogP contribution is 2.46. The molecule has 7 rings (SSSR count). The lowest BCUT2D eigenvalue weighted by Gasteiger charge is -2.29. The number of hydrogen-bond donors (Lipinski definition) is 2. The Morgan fingerprint density at radius 2 is 1.81 bits per heavy atom. The summed E-state index contributed by atoms with van der Waals surface area (Å²) in [5.41, 5.74) is 0.539.